The summed E-state index contributed by atoms with van der Waals surface area (Å²) in [6.07, 6.45) is 5.04. The molecule has 162 valence electrons. The van der Waals surface area contributed by atoms with Gasteiger partial charge in [0.1, 0.15) is 23.3 Å². The van der Waals surface area contributed by atoms with Crippen LogP contribution in [0.4, 0.5) is 8.78 Å². The van der Waals surface area contributed by atoms with Crippen molar-refractivity contribution in [1.82, 2.24) is 0 Å². The lowest BCUT2D eigenvalue weighted by atomic mass is 9.93. The number of nitriles is 1. The average Bonchev–Trinajstić information content (AvgIpc) is 2.84. The van der Waals surface area contributed by atoms with Gasteiger partial charge in [-0.05, 0) is 57.9 Å². The van der Waals surface area contributed by atoms with Gasteiger partial charge < -0.3 is 0 Å². The van der Waals surface area contributed by atoms with E-state index in [1.54, 1.807) is 6.07 Å². The summed E-state index contributed by atoms with van der Waals surface area (Å²) >= 11 is 0. The highest BCUT2D eigenvalue weighted by Crippen LogP contribution is 2.25. The van der Waals surface area contributed by atoms with Crippen molar-refractivity contribution in [2.75, 3.05) is 0 Å². The Bertz CT molecular complexity index is 1280. The quantitative estimate of drug-likeness (QED) is 0.281. The van der Waals surface area contributed by atoms with Crippen LogP contribution in [-0.4, -0.2) is 0 Å². The summed E-state index contributed by atoms with van der Waals surface area (Å²) in [5, 5.41) is 8.81. The third-order valence-electron chi connectivity index (χ3n) is 5.76. The van der Waals surface area contributed by atoms with Gasteiger partial charge in [0.2, 0.25) is 0 Å². The summed E-state index contributed by atoms with van der Waals surface area (Å²) in [5.41, 5.74) is 5.26. The van der Waals surface area contributed by atoms with E-state index in [1.165, 1.54) is 23.3 Å². The molecule has 4 aromatic rings. The van der Waals surface area contributed by atoms with Gasteiger partial charge in [-0.15, -0.1) is 0 Å². The highest BCUT2D eigenvalue weighted by atomic mass is 19.1. The van der Waals surface area contributed by atoms with Gasteiger partial charge in [0, 0.05) is 0 Å². The molecule has 0 aromatic heterocycles. The molecule has 4 rings (SSSR count). The molecule has 0 aliphatic rings. The first kappa shape index (κ1) is 22.2. The van der Waals surface area contributed by atoms with Crippen LogP contribution < -0.4 is 0 Å². The number of benzene rings is 4. The molecule has 0 radical (unpaired) electrons. The lowest BCUT2D eigenvalue weighted by molar-refractivity contribution is 0.577. The largest absolute Gasteiger partial charge is 0.205 e. The third-order valence-corrected chi connectivity index (χ3v) is 5.76. The minimum Gasteiger partial charge on any atom is -0.205 e. The molecule has 0 amide bonds. The van der Waals surface area contributed by atoms with E-state index in [9.17, 15) is 8.78 Å². The smallest absolute Gasteiger partial charge is 0.144 e. The molecule has 0 aliphatic heterocycles. The van der Waals surface area contributed by atoms with E-state index in [4.69, 9.17) is 5.26 Å². The van der Waals surface area contributed by atoms with Gasteiger partial charge in [0.05, 0.1) is 0 Å². The van der Waals surface area contributed by atoms with E-state index in [1.807, 2.05) is 42.5 Å². The lowest BCUT2D eigenvalue weighted by Crippen LogP contribution is -1.98. The van der Waals surface area contributed by atoms with E-state index in [0.717, 1.165) is 17.5 Å². The summed E-state index contributed by atoms with van der Waals surface area (Å²) in [7, 11) is 0. The molecule has 0 unspecified atom stereocenters. The molecule has 0 saturated carbocycles. The third kappa shape index (κ3) is 5.42. The van der Waals surface area contributed by atoms with Gasteiger partial charge in [-0.3, -0.25) is 0 Å². The van der Waals surface area contributed by atoms with Crippen molar-refractivity contribution in [2.24, 2.45) is 0 Å². The first-order valence-electron chi connectivity index (χ1n) is 10.8. The van der Waals surface area contributed by atoms with E-state index < -0.39 is 17.2 Å². The first-order valence-corrected chi connectivity index (χ1v) is 10.8. The molecule has 0 heterocycles. The Kier molecular flexibility index (Phi) is 6.76. The van der Waals surface area contributed by atoms with Crippen LogP contribution in [0.1, 0.15) is 40.7 Å². The van der Waals surface area contributed by atoms with Crippen molar-refractivity contribution in [1.29, 1.82) is 5.26 Å². The second-order valence-electron chi connectivity index (χ2n) is 8.14. The Morgan fingerprint density at radius 2 is 1.30 bits per heavy atom. The minimum absolute atomic E-state index is 0.403. The molecule has 0 fully saturated rings. The minimum atomic E-state index is -0.849. The molecule has 0 saturated heterocycles. The number of rotatable bonds is 6. The average molecular weight is 436 g/mol. The van der Waals surface area contributed by atoms with Crippen LogP contribution in [0, 0.1) is 23.0 Å². The summed E-state index contributed by atoms with van der Waals surface area (Å²) in [4.78, 5) is 0. The SMILES string of the molecule is C[C@H](Cc1ccc(C=Cc2ccc(-c3cc(F)c(C#N)c(F)c3)cc2)cc1)c1ccccc1. The zero-order valence-corrected chi connectivity index (χ0v) is 18.3. The molecule has 3 heteroatoms. The molecule has 0 bridgehead atoms. The number of nitrogens with zero attached hydrogens (tertiary/aromatic N) is 1. The van der Waals surface area contributed by atoms with Crippen molar-refractivity contribution < 1.29 is 8.78 Å². The summed E-state index contributed by atoms with van der Waals surface area (Å²) in [6.45, 7) is 2.24. The molecule has 0 aliphatic carbocycles. The van der Waals surface area contributed by atoms with Crippen molar-refractivity contribution in [2.45, 2.75) is 19.3 Å². The predicted molar refractivity (Wildman–Crippen MR) is 130 cm³/mol. The Morgan fingerprint density at radius 1 is 0.758 bits per heavy atom. The fourth-order valence-electron chi connectivity index (χ4n) is 3.84. The monoisotopic (exact) mass is 435 g/mol. The normalized spacial score (nSPS) is 11.9. The van der Waals surface area contributed by atoms with Crippen molar-refractivity contribution in [3.8, 4) is 17.2 Å². The molecule has 1 nitrogen and oxygen atoms in total. The maximum Gasteiger partial charge on any atom is 0.144 e. The first-order chi connectivity index (χ1) is 16.0. The standard InChI is InChI=1S/C30H23F2N/c1-21(25-5-3-2-4-6-25)17-24-11-9-22(10-12-24)7-8-23-13-15-26(16-14-23)27-18-29(31)28(20-33)30(32)19-27/h2-16,18-19,21H,17H2,1H3/t21-/m1/s1. The van der Waals surface area contributed by atoms with Crippen molar-refractivity contribution >= 4 is 12.2 Å². The zero-order chi connectivity index (χ0) is 23.2. The molecule has 0 N–H and O–H groups in total. The second-order valence-corrected chi connectivity index (χ2v) is 8.14. The van der Waals surface area contributed by atoms with Gasteiger partial charge in [0.25, 0.3) is 0 Å². The fourth-order valence-corrected chi connectivity index (χ4v) is 3.84. The topological polar surface area (TPSA) is 23.8 Å². The Hall–Kier alpha value is -4.03. The van der Waals surface area contributed by atoms with Gasteiger partial charge in [-0.25, -0.2) is 8.78 Å². The van der Waals surface area contributed by atoms with E-state index in [2.05, 4.69) is 55.5 Å². The Labute approximate surface area is 193 Å². The van der Waals surface area contributed by atoms with E-state index in [0.29, 0.717) is 17.0 Å². The van der Waals surface area contributed by atoms with E-state index >= 15 is 0 Å². The molecule has 1 atom stereocenters. The maximum absolute atomic E-state index is 13.9. The van der Waals surface area contributed by atoms with Gasteiger partial charge in [-0.1, -0.05) is 97.9 Å². The van der Waals surface area contributed by atoms with Crippen LogP contribution in [0.2, 0.25) is 0 Å². The van der Waals surface area contributed by atoms with Crippen LogP contribution in [0.25, 0.3) is 23.3 Å². The fraction of sp³-hybridized carbons (Fsp3) is 0.100. The summed E-state index contributed by atoms with van der Waals surface area (Å²) < 4.78 is 27.8. The van der Waals surface area contributed by atoms with Crippen LogP contribution in [-0.2, 0) is 6.42 Å². The molecule has 0 spiro atoms. The number of halogens is 2. The van der Waals surface area contributed by atoms with Crippen LogP contribution >= 0.6 is 0 Å². The maximum atomic E-state index is 13.9. The van der Waals surface area contributed by atoms with Crippen LogP contribution in [0.15, 0.2) is 91.0 Å². The van der Waals surface area contributed by atoms with Gasteiger partial charge >= 0.3 is 0 Å². The molecular formula is C30H23F2N. The summed E-state index contributed by atoms with van der Waals surface area (Å²) in [6, 6.07) is 30.4. The second kappa shape index (κ2) is 10.1. The van der Waals surface area contributed by atoms with Crippen LogP contribution in [0.3, 0.4) is 0 Å². The van der Waals surface area contributed by atoms with Crippen molar-refractivity contribution in [3.63, 3.8) is 0 Å². The predicted octanol–water partition coefficient (Wildman–Crippen LogP) is 8.02. The van der Waals surface area contributed by atoms with E-state index in [-0.39, 0.29) is 0 Å². The highest BCUT2D eigenvalue weighted by molar-refractivity contribution is 5.72. The number of hydrogen-bond donors (Lipinski definition) is 0. The summed E-state index contributed by atoms with van der Waals surface area (Å²) in [5.74, 6) is -1.24. The Balaban J connectivity index is 1.42. The molecule has 4 aromatic carbocycles. The number of hydrogen-bond acceptors (Lipinski definition) is 1. The van der Waals surface area contributed by atoms with Gasteiger partial charge in [0.15, 0.2) is 0 Å². The Morgan fingerprint density at radius 3 is 1.85 bits per heavy atom. The van der Waals surface area contributed by atoms with Gasteiger partial charge in [-0.2, -0.15) is 5.26 Å². The molecular weight excluding hydrogens is 412 g/mol. The lowest BCUT2D eigenvalue weighted by Gasteiger charge is -2.12. The van der Waals surface area contributed by atoms with Crippen LogP contribution in [0.5, 0.6) is 0 Å². The van der Waals surface area contributed by atoms with Crippen molar-refractivity contribution in [3.05, 3.63) is 130 Å². The molecule has 33 heavy (non-hydrogen) atoms. The highest BCUT2D eigenvalue weighted by Gasteiger charge is 2.11. The zero-order valence-electron chi connectivity index (χ0n) is 18.3.